The second-order valence-electron chi connectivity index (χ2n) is 8.47. The Kier molecular flexibility index (Phi) is 4.34. The highest BCUT2D eigenvalue weighted by molar-refractivity contribution is 5.90. The van der Waals surface area contributed by atoms with E-state index in [1.165, 1.54) is 44.6 Å². The molecular formula is C24H25NO4. The minimum Gasteiger partial charge on any atom is -0.465 e. The van der Waals surface area contributed by atoms with E-state index >= 15 is 0 Å². The van der Waals surface area contributed by atoms with E-state index in [1.54, 1.807) is 0 Å². The topological polar surface area (TPSA) is 64.6 Å². The van der Waals surface area contributed by atoms with Crippen LogP contribution < -0.4 is 5.32 Å². The summed E-state index contributed by atoms with van der Waals surface area (Å²) in [5, 5.41) is 3.75. The lowest BCUT2D eigenvalue weighted by atomic mass is 9.68. The van der Waals surface area contributed by atoms with Crippen molar-refractivity contribution in [3.8, 4) is 0 Å². The van der Waals surface area contributed by atoms with Gasteiger partial charge in [-0.25, -0.2) is 9.59 Å². The Labute approximate surface area is 170 Å². The van der Waals surface area contributed by atoms with Gasteiger partial charge in [-0.3, -0.25) is 0 Å². The second kappa shape index (κ2) is 6.90. The van der Waals surface area contributed by atoms with Crippen LogP contribution >= 0.6 is 0 Å². The van der Waals surface area contributed by atoms with Gasteiger partial charge in [0.15, 0.2) is 0 Å². The van der Waals surface area contributed by atoms with E-state index in [2.05, 4.69) is 5.32 Å². The fourth-order valence-corrected chi connectivity index (χ4v) is 6.01. The number of hydrogen-bond donors (Lipinski definition) is 1. The number of methoxy groups -OCH3 is 2. The average Bonchev–Trinajstić information content (AvgIpc) is 3.40. The molecular weight excluding hydrogens is 366 g/mol. The summed E-state index contributed by atoms with van der Waals surface area (Å²) in [6.07, 6.45) is 3.80. The van der Waals surface area contributed by atoms with Crippen LogP contribution in [0, 0.1) is 17.8 Å². The number of nitrogens with one attached hydrogen (secondary N) is 1. The zero-order chi connectivity index (χ0) is 20.1. The Morgan fingerprint density at radius 1 is 0.897 bits per heavy atom. The third-order valence-corrected chi connectivity index (χ3v) is 7.20. The van der Waals surface area contributed by atoms with Crippen molar-refractivity contribution >= 4 is 17.6 Å². The van der Waals surface area contributed by atoms with E-state index in [1.807, 2.05) is 42.5 Å². The van der Waals surface area contributed by atoms with Gasteiger partial charge in [0.25, 0.3) is 0 Å². The van der Waals surface area contributed by atoms with Crippen LogP contribution in [-0.2, 0) is 9.47 Å². The largest absolute Gasteiger partial charge is 0.465 e. The summed E-state index contributed by atoms with van der Waals surface area (Å²) < 4.78 is 9.76. The predicted molar refractivity (Wildman–Crippen MR) is 109 cm³/mol. The van der Waals surface area contributed by atoms with Gasteiger partial charge in [-0.1, -0.05) is 12.1 Å². The number of hydrogen-bond acceptors (Lipinski definition) is 5. The summed E-state index contributed by atoms with van der Waals surface area (Å²) in [5.41, 5.74) is 4.75. The summed E-state index contributed by atoms with van der Waals surface area (Å²) in [5.74, 6) is 1.73. The Hall–Kier alpha value is -2.82. The van der Waals surface area contributed by atoms with Crippen LogP contribution in [0.2, 0.25) is 0 Å². The molecule has 0 radical (unpaired) electrons. The summed E-state index contributed by atoms with van der Waals surface area (Å²) in [4.78, 5) is 23.9. The first-order valence-corrected chi connectivity index (χ1v) is 10.3. The minimum absolute atomic E-state index is 0.207. The van der Waals surface area contributed by atoms with Crippen molar-refractivity contribution in [2.24, 2.45) is 17.8 Å². The third-order valence-electron chi connectivity index (χ3n) is 7.20. The molecule has 0 spiro atoms. The van der Waals surface area contributed by atoms with Crippen LogP contribution in [0.3, 0.4) is 0 Å². The van der Waals surface area contributed by atoms with Crippen LogP contribution in [0.5, 0.6) is 0 Å². The zero-order valence-electron chi connectivity index (χ0n) is 16.7. The molecule has 0 saturated heterocycles. The lowest BCUT2D eigenvalue weighted by Gasteiger charge is -2.43. The maximum atomic E-state index is 12.1. The molecule has 5 rings (SSSR count). The van der Waals surface area contributed by atoms with Gasteiger partial charge >= 0.3 is 11.9 Å². The molecule has 2 saturated carbocycles. The predicted octanol–water partition coefficient (Wildman–Crippen LogP) is 4.56. The highest BCUT2D eigenvalue weighted by Crippen LogP contribution is 2.63. The number of ether oxygens (including phenoxy) is 2. The number of anilines is 1. The normalized spacial score (nSPS) is 28.8. The van der Waals surface area contributed by atoms with Crippen LogP contribution in [0.15, 0.2) is 42.5 Å². The van der Waals surface area contributed by atoms with Crippen molar-refractivity contribution in [2.45, 2.75) is 31.2 Å². The Bertz CT molecular complexity index is 967. The van der Waals surface area contributed by atoms with Gasteiger partial charge in [0.2, 0.25) is 0 Å². The van der Waals surface area contributed by atoms with Crippen molar-refractivity contribution in [2.75, 3.05) is 19.5 Å². The lowest BCUT2D eigenvalue weighted by Crippen LogP contribution is -2.35. The van der Waals surface area contributed by atoms with E-state index in [4.69, 9.17) is 9.47 Å². The van der Waals surface area contributed by atoms with Gasteiger partial charge in [0, 0.05) is 5.69 Å². The summed E-state index contributed by atoms with van der Waals surface area (Å²) in [6, 6.07) is 13.9. The van der Waals surface area contributed by atoms with E-state index in [9.17, 15) is 9.59 Å². The summed E-state index contributed by atoms with van der Waals surface area (Å²) in [7, 11) is 2.83. The zero-order valence-corrected chi connectivity index (χ0v) is 16.7. The third kappa shape index (κ3) is 2.83. The fourth-order valence-electron chi connectivity index (χ4n) is 6.01. The SMILES string of the molecule is COC(=O)c1ccc([C@@H]2Nc3ccc(C(=O)OC)cc3[C@H]3[C@H]4CC[C@@H](C4)[C@@H]32)cc1. The molecule has 2 aromatic carbocycles. The first-order chi connectivity index (χ1) is 14.1. The quantitative estimate of drug-likeness (QED) is 0.778. The molecule has 2 bridgehead atoms. The van der Waals surface area contributed by atoms with Crippen LogP contribution in [-0.4, -0.2) is 26.2 Å². The smallest absolute Gasteiger partial charge is 0.337 e. The molecule has 0 unspecified atom stereocenters. The number of esters is 2. The molecule has 5 atom stereocenters. The number of benzene rings is 2. The first-order valence-electron chi connectivity index (χ1n) is 10.3. The Morgan fingerprint density at radius 3 is 2.28 bits per heavy atom. The van der Waals surface area contributed by atoms with Gasteiger partial charge < -0.3 is 14.8 Å². The van der Waals surface area contributed by atoms with Gasteiger partial charge in [-0.2, -0.15) is 0 Å². The average molecular weight is 391 g/mol. The maximum Gasteiger partial charge on any atom is 0.337 e. The molecule has 0 amide bonds. The summed E-state index contributed by atoms with van der Waals surface area (Å²) >= 11 is 0. The molecule has 2 aliphatic carbocycles. The number of rotatable bonds is 3. The van der Waals surface area contributed by atoms with E-state index < -0.39 is 0 Å². The highest BCUT2D eigenvalue weighted by Gasteiger charge is 2.53. The Balaban J connectivity index is 1.54. The van der Waals surface area contributed by atoms with Crippen molar-refractivity contribution in [1.29, 1.82) is 0 Å². The molecule has 150 valence electrons. The molecule has 3 aliphatic rings. The van der Waals surface area contributed by atoms with Gasteiger partial charge in [0.1, 0.15) is 0 Å². The number of carbonyl (C=O) groups excluding carboxylic acids is 2. The highest BCUT2D eigenvalue weighted by atomic mass is 16.5. The van der Waals surface area contributed by atoms with Crippen molar-refractivity contribution in [3.63, 3.8) is 0 Å². The molecule has 2 fully saturated rings. The molecule has 1 N–H and O–H groups in total. The maximum absolute atomic E-state index is 12.1. The molecule has 5 heteroatoms. The van der Waals surface area contributed by atoms with Crippen LogP contribution in [0.1, 0.15) is 63.1 Å². The second-order valence-corrected chi connectivity index (χ2v) is 8.47. The van der Waals surface area contributed by atoms with E-state index in [0.29, 0.717) is 34.8 Å². The Morgan fingerprint density at radius 2 is 1.55 bits per heavy atom. The minimum atomic E-state index is -0.313. The van der Waals surface area contributed by atoms with Crippen molar-refractivity contribution in [1.82, 2.24) is 0 Å². The molecule has 0 aromatic heterocycles. The molecule has 2 aromatic rings. The van der Waals surface area contributed by atoms with Gasteiger partial charge in [-0.05, 0) is 84.4 Å². The number of fused-ring (bicyclic) bond motifs is 7. The van der Waals surface area contributed by atoms with Crippen molar-refractivity contribution in [3.05, 3.63) is 64.7 Å². The van der Waals surface area contributed by atoms with Crippen molar-refractivity contribution < 1.29 is 19.1 Å². The van der Waals surface area contributed by atoms with Gasteiger partial charge in [0.05, 0.1) is 31.4 Å². The van der Waals surface area contributed by atoms with Gasteiger partial charge in [-0.15, -0.1) is 0 Å². The molecule has 1 aliphatic heterocycles. The van der Waals surface area contributed by atoms with E-state index in [-0.39, 0.29) is 18.0 Å². The lowest BCUT2D eigenvalue weighted by molar-refractivity contribution is 0.0591. The standard InChI is InChI=1S/C24H25NO4/c1-28-23(26)14-5-3-13(4-6-14)22-21-16-8-7-15(11-16)20(21)18-12-17(24(27)29-2)9-10-19(18)25-22/h3-6,9-10,12,15-16,20-22,25H,7-8,11H2,1-2H3/t15-,16-,20+,21-,22-/m0/s1. The molecule has 29 heavy (non-hydrogen) atoms. The molecule has 1 heterocycles. The van der Waals surface area contributed by atoms with Crippen LogP contribution in [0.4, 0.5) is 5.69 Å². The van der Waals surface area contributed by atoms with Crippen LogP contribution in [0.25, 0.3) is 0 Å². The first kappa shape index (κ1) is 18.2. The molecule has 5 nitrogen and oxygen atoms in total. The van der Waals surface area contributed by atoms with E-state index in [0.717, 1.165) is 5.69 Å². The number of carbonyl (C=O) groups is 2. The monoisotopic (exact) mass is 391 g/mol. The summed E-state index contributed by atoms with van der Waals surface area (Å²) in [6.45, 7) is 0. The fraction of sp³-hybridized carbons (Fsp3) is 0.417.